The van der Waals surface area contributed by atoms with Gasteiger partial charge in [0.15, 0.2) is 6.10 Å². The molecule has 0 bridgehead atoms. The Morgan fingerprint density at radius 1 is 1.28 bits per heavy atom. The molecule has 0 unspecified atom stereocenters. The van der Waals surface area contributed by atoms with Gasteiger partial charge in [-0.15, -0.1) is 0 Å². The van der Waals surface area contributed by atoms with Crippen LogP contribution < -0.4 is 4.74 Å². The Bertz CT molecular complexity index is 412. The lowest BCUT2D eigenvalue weighted by Gasteiger charge is -2.17. The Kier molecular flexibility index (Phi) is 3.87. The van der Waals surface area contributed by atoms with Crippen LogP contribution in [-0.2, 0) is 9.53 Å². The fourth-order valence-electron chi connectivity index (χ4n) is 2.06. The van der Waals surface area contributed by atoms with Crippen LogP contribution in [0.25, 0.3) is 0 Å². The fraction of sp³-hybridized carbons (Fsp3) is 0.500. The first-order chi connectivity index (χ1) is 8.71. The minimum absolute atomic E-state index is 0.0841. The Hall–Kier alpha value is -1.55. The van der Waals surface area contributed by atoms with Crippen LogP contribution >= 0.6 is 0 Å². The van der Waals surface area contributed by atoms with Gasteiger partial charge in [-0.25, -0.2) is 0 Å². The monoisotopic (exact) mass is 249 g/mol. The third-order valence-electron chi connectivity index (χ3n) is 3.25. The minimum atomic E-state index is -0.307. The molecule has 2 atom stereocenters. The first-order valence-electron chi connectivity index (χ1n) is 6.29. The quantitative estimate of drug-likeness (QED) is 0.750. The number of methoxy groups -OCH3 is 1. The van der Waals surface area contributed by atoms with Crippen molar-refractivity contribution < 1.29 is 14.3 Å². The van der Waals surface area contributed by atoms with Gasteiger partial charge in [0.25, 0.3) is 5.91 Å². The zero-order chi connectivity index (χ0) is 13.1. The average Bonchev–Trinajstić information content (AvgIpc) is 3.20. The van der Waals surface area contributed by atoms with Crippen LogP contribution in [0.1, 0.15) is 25.5 Å². The van der Waals surface area contributed by atoms with Crippen LogP contribution in [0.3, 0.4) is 0 Å². The van der Waals surface area contributed by atoms with Gasteiger partial charge in [0.1, 0.15) is 11.9 Å². The van der Waals surface area contributed by atoms with Crippen LogP contribution in [0.2, 0.25) is 0 Å². The lowest BCUT2D eigenvalue weighted by atomic mass is 10.1. The molecule has 1 aliphatic heterocycles. The van der Waals surface area contributed by atoms with Crippen LogP contribution in [-0.4, -0.2) is 37.1 Å². The molecular formula is C14H19NO3. The number of nitrogens with zero attached hydrogens (tertiary/aromatic N) is 1. The van der Waals surface area contributed by atoms with Crippen LogP contribution in [0, 0.1) is 0 Å². The Balaban J connectivity index is 1.99. The zero-order valence-electron chi connectivity index (χ0n) is 11.1. The summed E-state index contributed by atoms with van der Waals surface area (Å²) >= 11 is 0. The van der Waals surface area contributed by atoms with E-state index in [9.17, 15) is 4.79 Å². The first kappa shape index (κ1) is 12.9. The van der Waals surface area contributed by atoms with E-state index in [4.69, 9.17) is 9.47 Å². The SMILES string of the molecule is CCN(CC)C(=O)[C@H]1O[C@@H]1c1ccc(OC)cc1. The van der Waals surface area contributed by atoms with Gasteiger partial charge in [-0.05, 0) is 31.5 Å². The van der Waals surface area contributed by atoms with E-state index < -0.39 is 0 Å². The van der Waals surface area contributed by atoms with Crippen LogP contribution in [0.15, 0.2) is 24.3 Å². The summed E-state index contributed by atoms with van der Waals surface area (Å²) in [5, 5.41) is 0. The summed E-state index contributed by atoms with van der Waals surface area (Å²) in [6, 6.07) is 7.66. The number of ether oxygens (including phenoxy) is 2. The number of carbonyl (C=O) groups is 1. The van der Waals surface area contributed by atoms with E-state index >= 15 is 0 Å². The Labute approximate surface area is 107 Å². The number of carbonyl (C=O) groups excluding carboxylic acids is 1. The van der Waals surface area contributed by atoms with Gasteiger partial charge in [-0.1, -0.05) is 12.1 Å². The van der Waals surface area contributed by atoms with Crippen molar-refractivity contribution in [3.8, 4) is 5.75 Å². The van der Waals surface area contributed by atoms with E-state index in [1.165, 1.54) is 0 Å². The highest BCUT2D eigenvalue weighted by Gasteiger charge is 2.47. The molecule has 0 N–H and O–H groups in total. The van der Waals surface area contributed by atoms with E-state index in [1.54, 1.807) is 12.0 Å². The molecule has 0 aromatic heterocycles. The zero-order valence-corrected chi connectivity index (χ0v) is 11.1. The lowest BCUT2D eigenvalue weighted by molar-refractivity contribution is -0.132. The van der Waals surface area contributed by atoms with E-state index in [1.807, 2.05) is 38.1 Å². The van der Waals surface area contributed by atoms with E-state index in [0.717, 1.165) is 24.4 Å². The molecule has 1 aromatic carbocycles. The van der Waals surface area contributed by atoms with Crippen molar-refractivity contribution in [3.05, 3.63) is 29.8 Å². The maximum atomic E-state index is 12.1. The highest BCUT2D eigenvalue weighted by atomic mass is 16.6. The van der Waals surface area contributed by atoms with Crippen molar-refractivity contribution in [3.63, 3.8) is 0 Å². The van der Waals surface area contributed by atoms with Crippen molar-refractivity contribution in [2.24, 2.45) is 0 Å². The molecule has 1 fully saturated rings. The molecule has 18 heavy (non-hydrogen) atoms. The van der Waals surface area contributed by atoms with Gasteiger partial charge in [0.2, 0.25) is 0 Å². The Morgan fingerprint density at radius 2 is 1.89 bits per heavy atom. The van der Waals surface area contributed by atoms with Gasteiger partial charge in [0.05, 0.1) is 7.11 Å². The maximum Gasteiger partial charge on any atom is 0.254 e. The van der Waals surface area contributed by atoms with Crippen LogP contribution in [0.4, 0.5) is 0 Å². The second-order valence-electron chi connectivity index (χ2n) is 4.26. The third kappa shape index (κ3) is 2.48. The average molecular weight is 249 g/mol. The molecule has 0 radical (unpaired) electrons. The maximum absolute atomic E-state index is 12.1. The fourth-order valence-corrected chi connectivity index (χ4v) is 2.06. The largest absolute Gasteiger partial charge is 0.497 e. The summed E-state index contributed by atoms with van der Waals surface area (Å²) in [6.45, 7) is 5.41. The number of likely N-dealkylation sites (N-methyl/N-ethyl adjacent to an activating group) is 1. The molecule has 1 amide bonds. The van der Waals surface area contributed by atoms with Crippen molar-refractivity contribution in [2.75, 3.05) is 20.2 Å². The predicted molar refractivity (Wildman–Crippen MR) is 68.5 cm³/mol. The number of hydrogen-bond donors (Lipinski definition) is 0. The molecule has 0 aliphatic carbocycles. The van der Waals surface area contributed by atoms with Crippen LogP contribution in [0.5, 0.6) is 5.75 Å². The summed E-state index contributed by atoms with van der Waals surface area (Å²) in [4.78, 5) is 13.9. The molecule has 2 rings (SSSR count). The molecule has 4 heteroatoms. The first-order valence-corrected chi connectivity index (χ1v) is 6.29. The molecule has 98 valence electrons. The standard InChI is InChI=1S/C14H19NO3/c1-4-15(5-2)14(16)13-12(18-13)10-6-8-11(17-3)9-7-10/h6-9,12-13H,4-5H2,1-3H3/t12-,13+/m1/s1. The predicted octanol–water partition coefficient (Wildman–Crippen LogP) is 2.00. The summed E-state index contributed by atoms with van der Waals surface area (Å²) in [6.07, 6.45) is -0.401. The number of hydrogen-bond acceptors (Lipinski definition) is 3. The molecule has 4 nitrogen and oxygen atoms in total. The molecule has 1 heterocycles. The summed E-state index contributed by atoms with van der Waals surface area (Å²) in [7, 11) is 1.63. The van der Waals surface area contributed by atoms with E-state index in [2.05, 4.69) is 0 Å². The van der Waals surface area contributed by atoms with Crippen molar-refractivity contribution in [1.82, 2.24) is 4.90 Å². The molecule has 1 saturated heterocycles. The normalized spacial score (nSPS) is 21.5. The number of amides is 1. The van der Waals surface area contributed by atoms with E-state index in [0.29, 0.717) is 0 Å². The second-order valence-corrected chi connectivity index (χ2v) is 4.26. The highest BCUT2D eigenvalue weighted by molar-refractivity contribution is 5.84. The molecule has 0 saturated carbocycles. The number of benzene rings is 1. The second kappa shape index (κ2) is 5.40. The Morgan fingerprint density at radius 3 is 2.39 bits per heavy atom. The minimum Gasteiger partial charge on any atom is -0.497 e. The number of rotatable bonds is 5. The molecule has 1 aliphatic rings. The molecule has 0 spiro atoms. The highest BCUT2D eigenvalue weighted by Crippen LogP contribution is 2.40. The van der Waals surface area contributed by atoms with Crippen molar-refractivity contribution >= 4 is 5.91 Å². The van der Waals surface area contributed by atoms with Crippen molar-refractivity contribution in [1.29, 1.82) is 0 Å². The summed E-state index contributed by atoms with van der Waals surface area (Å²) in [5.74, 6) is 0.895. The van der Waals surface area contributed by atoms with E-state index in [-0.39, 0.29) is 18.1 Å². The van der Waals surface area contributed by atoms with Gasteiger partial charge >= 0.3 is 0 Å². The summed E-state index contributed by atoms with van der Waals surface area (Å²) < 4.78 is 10.6. The van der Waals surface area contributed by atoms with Gasteiger partial charge in [-0.3, -0.25) is 4.79 Å². The third-order valence-corrected chi connectivity index (χ3v) is 3.25. The molecule has 1 aromatic rings. The van der Waals surface area contributed by atoms with Gasteiger partial charge in [-0.2, -0.15) is 0 Å². The summed E-state index contributed by atoms with van der Waals surface area (Å²) in [5.41, 5.74) is 1.03. The number of epoxide rings is 1. The molecular weight excluding hydrogens is 230 g/mol. The topological polar surface area (TPSA) is 42.1 Å². The smallest absolute Gasteiger partial charge is 0.254 e. The lowest BCUT2D eigenvalue weighted by Crippen LogP contribution is -2.34. The van der Waals surface area contributed by atoms with Gasteiger partial charge < -0.3 is 14.4 Å². The van der Waals surface area contributed by atoms with Crippen molar-refractivity contribution in [2.45, 2.75) is 26.1 Å². The van der Waals surface area contributed by atoms with Gasteiger partial charge in [0, 0.05) is 13.1 Å².